The Kier molecular flexibility index (Phi) is 7.06. The van der Waals surface area contributed by atoms with Crippen molar-refractivity contribution in [1.29, 1.82) is 0 Å². The van der Waals surface area contributed by atoms with Crippen LogP contribution in [0.1, 0.15) is 63.7 Å². The van der Waals surface area contributed by atoms with Crippen molar-refractivity contribution in [2.75, 3.05) is 0 Å². The predicted octanol–water partition coefficient (Wildman–Crippen LogP) is 2.99. The average molecular weight is 254 g/mol. The molecule has 1 N–H and O–H groups in total. The quantitative estimate of drug-likeness (QED) is 0.649. The van der Waals surface area contributed by atoms with Crippen molar-refractivity contribution in [2.45, 2.75) is 64.7 Å². The molecule has 0 atom stereocenters. The lowest BCUT2D eigenvalue weighted by Gasteiger charge is -1.97. The molecule has 0 aliphatic carbocycles. The normalized spacial score (nSPS) is 10.7. The Morgan fingerprint density at radius 1 is 1.06 bits per heavy atom. The lowest BCUT2D eigenvalue weighted by atomic mass is 10.1. The van der Waals surface area contributed by atoms with Gasteiger partial charge in [-0.25, -0.2) is 0 Å². The number of aryl methyl sites for hydroxylation is 2. The van der Waals surface area contributed by atoms with E-state index in [0.717, 1.165) is 12.8 Å². The third-order valence-corrected chi connectivity index (χ3v) is 2.81. The second-order valence-corrected chi connectivity index (χ2v) is 4.50. The maximum absolute atomic E-state index is 10.4. The van der Waals surface area contributed by atoms with Crippen molar-refractivity contribution in [3.63, 3.8) is 0 Å². The number of nitrogens with zero attached hydrogens (tertiary/aromatic N) is 2. The number of hydrogen-bond donors (Lipinski definition) is 1. The molecule has 0 spiro atoms. The Labute approximate surface area is 108 Å². The Morgan fingerprint density at radius 3 is 2.33 bits per heavy atom. The SMILES string of the molecule is CCCCCCCCc1nnc(CCC(=O)O)o1. The third-order valence-electron chi connectivity index (χ3n) is 2.81. The molecule has 1 aromatic rings. The van der Waals surface area contributed by atoms with Gasteiger partial charge in [0.25, 0.3) is 0 Å². The fraction of sp³-hybridized carbons (Fsp3) is 0.769. The Morgan fingerprint density at radius 2 is 1.67 bits per heavy atom. The monoisotopic (exact) mass is 254 g/mol. The summed E-state index contributed by atoms with van der Waals surface area (Å²) in [7, 11) is 0. The van der Waals surface area contributed by atoms with Crippen molar-refractivity contribution in [1.82, 2.24) is 10.2 Å². The van der Waals surface area contributed by atoms with Gasteiger partial charge in [0.1, 0.15) is 0 Å². The first-order valence-electron chi connectivity index (χ1n) is 6.75. The molecule has 0 unspecified atom stereocenters. The van der Waals surface area contributed by atoms with Crippen LogP contribution in [0.5, 0.6) is 0 Å². The van der Waals surface area contributed by atoms with E-state index >= 15 is 0 Å². The second-order valence-electron chi connectivity index (χ2n) is 4.50. The van der Waals surface area contributed by atoms with Gasteiger partial charge in [0, 0.05) is 12.8 Å². The van der Waals surface area contributed by atoms with Gasteiger partial charge in [-0.1, -0.05) is 39.0 Å². The number of carbonyl (C=O) groups is 1. The minimum atomic E-state index is -0.842. The molecule has 1 aromatic heterocycles. The van der Waals surface area contributed by atoms with Gasteiger partial charge in [0.15, 0.2) is 0 Å². The smallest absolute Gasteiger partial charge is 0.303 e. The molecule has 0 saturated heterocycles. The summed E-state index contributed by atoms with van der Waals surface area (Å²) in [6.45, 7) is 2.21. The third kappa shape index (κ3) is 6.37. The van der Waals surface area contributed by atoms with E-state index in [1.165, 1.54) is 32.1 Å². The highest BCUT2D eigenvalue weighted by Gasteiger charge is 2.07. The summed E-state index contributed by atoms with van der Waals surface area (Å²) >= 11 is 0. The number of unbranched alkanes of at least 4 members (excludes halogenated alkanes) is 5. The van der Waals surface area contributed by atoms with Crippen LogP contribution in [-0.2, 0) is 17.6 Å². The van der Waals surface area contributed by atoms with Crippen LogP contribution in [-0.4, -0.2) is 21.3 Å². The lowest BCUT2D eigenvalue weighted by molar-refractivity contribution is -0.137. The standard InChI is InChI=1S/C13H22N2O3/c1-2-3-4-5-6-7-8-11-14-15-12(18-11)9-10-13(16)17/h2-10H2,1H3,(H,16,17). The van der Waals surface area contributed by atoms with Gasteiger partial charge in [0.05, 0.1) is 6.42 Å². The van der Waals surface area contributed by atoms with Crippen molar-refractivity contribution in [2.24, 2.45) is 0 Å². The number of carboxylic acid groups (broad SMARTS) is 1. The highest BCUT2D eigenvalue weighted by atomic mass is 16.4. The van der Waals surface area contributed by atoms with Gasteiger partial charge >= 0.3 is 5.97 Å². The van der Waals surface area contributed by atoms with Gasteiger partial charge in [0.2, 0.25) is 11.8 Å². The number of carboxylic acids is 1. The fourth-order valence-electron chi connectivity index (χ4n) is 1.76. The molecule has 0 aliphatic heterocycles. The van der Waals surface area contributed by atoms with Crippen molar-refractivity contribution < 1.29 is 14.3 Å². The second kappa shape index (κ2) is 8.66. The molecule has 0 aliphatic rings. The maximum Gasteiger partial charge on any atom is 0.303 e. The highest BCUT2D eigenvalue weighted by molar-refractivity contribution is 5.66. The Hall–Kier alpha value is -1.39. The minimum Gasteiger partial charge on any atom is -0.481 e. The summed E-state index contributed by atoms with van der Waals surface area (Å²) in [5, 5.41) is 16.3. The van der Waals surface area contributed by atoms with Crippen LogP contribution in [0.15, 0.2) is 4.42 Å². The van der Waals surface area contributed by atoms with Crippen molar-refractivity contribution in [3.8, 4) is 0 Å². The van der Waals surface area contributed by atoms with Crippen molar-refractivity contribution in [3.05, 3.63) is 11.8 Å². The summed E-state index contributed by atoms with van der Waals surface area (Å²) in [6, 6.07) is 0. The van der Waals surface area contributed by atoms with E-state index in [0.29, 0.717) is 18.2 Å². The molecular weight excluding hydrogens is 232 g/mol. The van der Waals surface area contributed by atoms with E-state index in [2.05, 4.69) is 17.1 Å². The number of aliphatic carboxylic acids is 1. The van der Waals surface area contributed by atoms with Gasteiger partial charge < -0.3 is 9.52 Å². The van der Waals surface area contributed by atoms with Crippen LogP contribution >= 0.6 is 0 Å². The first kappa shape index (κ1) is 14.7. The molecule has 1 rings (SSSR count). The van der Waals surface area contributed by atoms with Crippen LogP contribution in [0.3, 0.4) is 0 Å². The molecule has 0 fully saturated rings. The van der Waals surface area contributed by atoms with Gasteiger partial charge in [-0.15, -0.1) is 10.2 Å². The molecule has 1 heterocycles. The zero-order valence-electron chi connectivity index (χ0n) is 11.0. The summed E-state index contributed by atoms with van der Waals surface area (Å²) in [6.07, 6.45) is 8.52. The van der Waals surface area contributed by atoms with E-state index in [-0.39, 0.29) is 6.42 Å². The molecule has 0 amide bonds. The van der Waals surface area contributed by atoms with Gasteiger partial charge in [-0.05, 0) is 6.42 Å². The minimum absolute atomic E-state index is 0.0403. The predicted molar refractivity (Wildman–Crippen MR) is 67.3 cm³/mol. The highest BCUT2D eigenvalue weighted by Crippen LogP contribution is 2.10. The molecule has 0 aromatic carbocycles. The van der Waals surface area contributed by atoms with E-state index in [1.807, 2.05) is 0 Å². The van der Waals surface area contributed by atoms with Crippen LogP contribution in [0, 0.1) is 0 Å². The summed E-state index contributed by atoms with van der Waals surface area (Å²) in [4.78, 5) is 10.4. The number of rotatable bonds is 10. The topological polar surface area (TPSA) is 76.2 Å². The van der Waals surface area contributed by atoms with E-state index in [4.69, 9.17) is 9.52 Å². The number of hydrogen-bond acceptors (Lipinski definition) is 4. The largest absolute Gasteiger partial charge is 0.481 e. The molecule has 102 valence electrons. The first-order chi connectivity index (χ1) is 8.72. The van der Waals surface area contributed by atoms with Gasteiger partial charge in [-0.2, -0.15) is 0 Å². The molecule has 0 saturated carbocycles. The molecular formula is C13H22N2O3. The first-order valence-corrected chi connectivity index (χ1v) is 6.75. The van der Waals surface area contributed by atoms with Crippen LogP contribution in [0.25, 0.3) is 0 Å². The summed E-state index contributed by atoms with van der Waals surface area (Å²) in [5.74, 6) is 0.218. The molecule has 5 heteroatoms. The molecule has 0 radical (unpaired) electrons. The van der Waals surface area contributed by atoms with Crippen LogP contribution in [0.2, 0.25) is 0 Å². The molecule has 18 heavy (non-hydrogen) atoms. The van der Waals surface area contributed by atoms with Gasteiger partial charge in [-0.3, -0.25) is 4.79 Å². The van der Waals surface area contributed by atoms with Crippen molar-refractivity contribution >= 4 is 5.97 Å². The zero-order chi connectivity index (χ0) is 13.2. The Balaban J connectivity index is 2.13. The van der Waals surface area contributed by atoms with Crippen LogP contribution < -0.4 is 0 Å². The lowest BCUT2D eigenvalue weighted by Crippen LogP contribution is -1.97. The summed E-state index contributed by atoms with van der Waals surface area (Å²) in [5.41, 5.74) is 0. The molecule has 5 nitrogen and oxygen atoms in total. The Bertz CT molecular complexity index is 350. The average Bonchev–Trinajstić information content (AvgIpc) is 2.79. The van der Waals surface area contributed by atoms with E-state index in [9.17, 15) is 4.79 Å². The zero-order valence-corrected chi connectivity index (χ0v) is 11.0. The van der Waals surface area contributed by atoms with E-state index < -0.39 is 5.97 Å². The number of aromatic nitrogens is 2. The summed E-state index contributed by atoms with van der Waals surface area (Å²) < 4.78 is 5.38. The fourth-order valence-corrected chi connectivity index (χ4v) is 1.76. The van der Waals surface area contributed by atoms with E-state index in [1.54, 1.807) is 0 Å². The van der Waals surface area contributed by atoms with Crippen LogP contribution in [0.4, 0.5) is 0 Å². The maximum atomic E-state index is 10.4. The molecule has 0 bridgehead atoms.